The highest BCUT2D eigenvalue weighted by Crippen LogP contribution is 2.30. The molecule has 4 rings (SSSR count). The number of nitrogens with one attached hydrogen (secondary N) is 1. The lowest BCUT2D eigenvalue weighted by molar-refractivity contribution is -0.158. The number of halogens is 3. The van der Waals surface area contributed by atoms with Crippen molar-refractivity contribution in [3.63, 3.8) is 0 Å². The monoisotopic (exact) mass is 518 g/mol. The minimum absolute atomic E-state index is 0.156. The number of hydrogen-bond donors (Lipinski definition) is 1. The van der Waals surface area contributed by atoms with Crippen molar-refractivity contribution in [2.24, 2.45) is 0 Å². The van der Waals surface area contributed by atoms with Gasteiger partial charge in [0.2, 0.25) is 5.95 Å². The standard InChI is InChI=1S/C23H21Cl2FN6O3/c1-12(21(34)35-23(2,3)4)31-11-28-32-10-13(7-18(32)20(31)33)19-16(25)9-27-22(30-19)29-17-6-5-14(26)8-15(17)24/h5-12H,1-4H3,(H,27,29,30). The number of benzene rings is 1. The van der Waals surface area contributed by atoms with E-state index in [9.17, 15) is 14.0 Å². The van der Waals surface area contributed by atoms with Gasteiger partial charge in [-0.1, -0.05) is 23.2 Å². The lowest BCUT2D eigenvalue weighted by Gasteiger charge is -2.22. The Balaban J connectivity index is 1.69. The number of nitrogens with zero attached hydrogens (tertiary/aromatic N) is 5. The Hall–Kier alpha value is -3.50. The van der Waals surface area contributed by atoms with E-state index in [2.05, 4.69) is 20.4 Å². The molecule has 0 bridgehead atoms. The average Bonchev–Trinajstić information content (AvgIpc) is 3.20. The molecule has 0 saturated heterocycles. The van der Waals surface area contributed by atoms with Crippen LogP contribution in [0.4, 0.5) is 16.0 Å². The van der Waals surface area contributed by atoms with Crippen molar-refractivity contribution in [2.45, 2.75) is 39.3 Å². The number of ether oxygens (including phenoxy) is 1. The maximum absolute atomic E-state index is 13.3. The quantitative estimate of drug-likeness (QED) is 0.369. The molecule has 1 unspecified atom stereocenters. The van der Waals surface area contributed by atoms with Gasteiger partial charge in [0.15, 0.2) is 0 Å². The number of anilines is 2. The molecular formula is C23H21Cl2FN6O3. The van der Waals surface area contributed by atoms with Crippen molar-refractivity contribution in [3.8, 4) is 11.3 Å². The number of hydrogen-bond acceptors (Lipinski definition) is 7. The number of rotatable bonds is 5. The van der Waals surface area contributed by atoms with Crippen molar-refractivity contribution < 1.29 is 13.9 Å². The first-order valence-corrected chi connectivity index (χ1v) is 11.3. The second-order valence-electron chi connectivity index (χ2n) is 8.75. The van der Waals surface area contributed by atoms with Crippen LogP contribution in [0.5, 0.6) is 0 Å². The largest absolute Gasteiger partial charge is 0.458 e. The molecule has 0 aliphatic heterocycles. The summed E-state index contributed by atoms with van der Waals surface area (Å²) in [6.07, 6.45) is 4.25. The zero-order valence-electron chi connectivity index (χ0n) is 19.2. The molecule has 0 saturated carbocycles. The zero-order valence-corrected chi connectivity index (χ0v) is 20.7. The Labute approximate surface area is 209 Å². The van der Waals surface area contributed by atoms with Crippen LogP contribution in [0, 0.1) is 5.82 Å². The van der Waals surface area contributed by atoms with Crippen LogP contribution in [-0.4, -0.2) is 35.7 Å². The van der Waals surface area contributed by atoms with Gasteiger partial charge >= 0.3 is 5.97 Å². The van der Waals surface area contributed by atoms with Crippen LogP contribution in [0.1, 0.15) is 33.7 Å². The fourth-order valence-corrected chi connectivity index (χ4v) is 3.66. The molecule has 3 aromatic heterocycles. The average molecular weight is 519 g/mol. The summed E-state index contributed by atoms with van der Waals surface area (Å²) in [5, 5.41) is 7.55. The van der Waals surface area contributed by atoms with Crippen LogP contribution < -0.4 is 10.9 Å². The van der Waals surface area contributed by atoms with Gasteiger partial charge in [-0.15, -0.1) is 0 Å². The zero-order chi connectivity index (χ0) is 25.5. The minimum atomic E-state index is -0.878. The molecule has 0 amide bonds. The Bertz CT molecular complexity index is 1500. The topological polar surface area (TPSA) is 103 Å². The number of esters is 1. The molecule has 3 heterocycles. The molecule has 1 N–H and O–H groups in total. The minimum Gasteiger partial charge on any atom is -0.458 e. The van der Waals surface area contributed by atoms with Gasteiger partial charge in [-0.3, -0.25) is 9.36 Å². The summed E-state index contributed by atoms with van der Waals surface area (Å²) in [5.74, 6) is -0.860. The van der Waals surface area contributed by atoms with Crippen LogP contribution in [0.15, 0.2) is 47.8 Å². The predicted octanol–water partition coefficient (Wildman–Crippen LogP) is 5.05. The van der Waals surface area contributed by atoms with E-state index in [-0.39, 0.29) is 21.5 Å². The van der Waals surface area contributed by atoms with Crippen molar-refractivity contribution in [3.05, 3.63) is 69.2 Å². The van der Waals surface area contributed by atoms with Gasteiger partial charge in [-0.2, -0.15) is 5.10 Å². The fourth-order valence-electron chi connectivity index (χ4n) is 3.25. The molecule has 0 aliphatic carbocycles. The summed E-state index contributed by atoms with van der Waals surface area (Å²) >= 11 is 12.4. The van der Waals surface area contributed by atoms with Gasteiger partial charge in [0.1, 0.15) is 29.3 Å². The smallest absolute Gasteiger partial charge is 0.329 e. The van der Waals surface area contributed by atoms with E-state index >= 15 is 0 Å². The second-order valence-corrected chi connectivity index (χ2v) is 9.57. The molecule has 1 atom stereocenters. The molecule has 1 aromatic carbocycles. The SMILES string of the molecule is CC(C(=O)OC(C)(C)C)n1cnn2cc(-c3nc(Nc4ccc(F)cc4Cl)ncc3Cl)cc2c1=O. The normalized spacial score (nSPS) is 12.5. The van der Waals surface area contributed by atoms with Crippen molar-refractivity contribution in [1.29, 1.82) is 0 Å². The van der Waals surface area contributed by atoms with E-state index < -0.39 is 29.0 Å². The highest BCUT2D eigenvalue weighted by Gasteiger charge is 2.25. The summed E-state index contributed by atoms with van der Waals surface area (Å²) in [6.45, 7) is 6.82. The highest BCUT2D eigenvalue weighted by atomic mass is 35.5. The van der Waals surface area contributed by atoms with Crippen molar-refractivity contribution >= 4 is 46.3 Å². The number of carbonyl (C=O) groups excluding carboxylic acids is 1. The molecule has 4 aromatic rings. The number of aromatic nitrogens is 5. The third kappa shape index (κ3) is 5.28. The molecule has 12 heteroatoms. The Kier molecular flexibility index (Phi) is 6.52. The third-order valence-electron chi connectivity index (χ3n) is 4.91. The van der Waals surface area contributed by atoms with Gasteiger partial charge in [-0.05, 0) is 52.0 Å². The maximum atomic E-state index is 13.3. The van der Waals surface area contributed by atoms with Gasteiger partial charge in [0, 0.05) is 11.8 Å². The summed E-state index contributed by atoms with van der Waals surface area (Å²) in [7, 11) is 0. The van der Waals surface area contributed by atoms with E-state index in [1.54, 1.807) is 40.0 Å². The summed E-state index contributed by atoms with van der Waals surface area (Å²) in [6, 6.07) is 4.56. The molecule has 35 heavy (non-hydrogen) atoms. The summed E-state index contributed by atoms with van der Waals surface area (Å²) in [4.78, 5) is 34.1. The number of carbonyl (C=O) groups is 1. The van der Waals surface area contributed by atoms with E-state index in [1.807, 2.05) is 0 Å². The molecule has 0 aliphatic rings. The maximum Gasteiger partial charge on any atom is 0.329 e. The second kappa shape index (κ2) is 9.27. The van der Waals surface area contributed by atoms with E-state index in [0.29, 0.717) is 16.9 Å². The summed E-state index contributed by atoms with van der Waals surface area (Å²) < 4.78 is 21.3. The lowest BCUT2D eigenvalue weighted by Crippen LogP contribution is -2.34. The molecule has 0 spiro atoms. The Morgan fingerprint density at radius 1 is 1.20 bits per heavy atom. The van der Waals surface area contributed by atoms with Gasteiger partial charge in [0.25, 0.3) is 5.56 Å². The first-order valence-electron chi connectivity index (χ1n) is 10.5. The van der Waals surface area contributed by atoms with Crippen LogP contribution in [0.3, 0.4) is 0 Å². The van der Waals surface area contributed by atoms with Gasteiger partial charge in [0.05, 0.1) is 27.6 Å². The first kappa shape index (κ1) is 24.6. The van der Waals surface area contributed by atoms with Gasteiger partial charge < -0.3 is 10.1 Å². The fraction of sp³-hybridized carbons (Fsp3) is 0.261. The van der Waals surface area contributed by atoms with Crippen molar-refractivity contribution in [2.75, 3.05) is 5.32 Å². The molecular weight excluding hydrogens is 498 g/mol. The highest BCUT2D eigenvalue weighted by molar-refractivity contribution is 6.33. The van der Waals surface area contributed by atoms with Crippen LogP contribution in [0.25, 0.3) is 16.8 Å². The van der Waals surface area contributed by atoms with E-state index in [1.165, 1.54) is 33.7 Å². The van der Waals surface area contributed by atoms with Crippen LogP contribution >= 0.6 is 23.2 Å². The Morgan fingerprint density at radius 2 is 1.94 bits per heavy atom. The summed E-state index contributed by atoms with van der Waals surface area (Å²) in [5.41, 5.74) is 0.318. The predicted molar refractivity (Wildman–Crippen MR) is 131 cm³/mol. The molecule has 0 fully saturated rings. The van der Waals surface area contributed by atoms with Gasteiger partial charge in [-0.25, -0.2) is 23.7 Å². The third-order valence-corrected chi connectivity index (χ3v) is 5.50. The van der Waals surface area contributed by atoms with Crippen molar-refractivity contribution in [1.82, 2.24) is 24.1 Å². The van der Waals surface area contributed by atoms with E-state index in [4.69, 9.17) is 27.9 Å². The van der Waals surface area contributed by atoms with Crippen LogP contribution in [0.2, 0.25) is 10.0 Å². The molecule has 182 valence electrons. The van der Waals surface area contributed by atoms with E-state index in [0.717, 1.165) is 6.07 Å². The lowest BCUT2D eigenvalue weighted by atomic mass is 10.2. The van der Waals surface area contributed by atoms with Crippen LogP contribution in [-0.2, 0) is 9.53 Å². The first-order chi connectivity index (χ1) is 16.4. The molecule has 0 radical (unpaired) electrons. The Morgan fingerprint density at radius 3 is 2.63 bits per heavy atom. The number of fused-ring (bicyclic) bond motifs is 1. The molecule has 9 nitrogen and oxygen atoms in total.